The van der Waals surface area contributed by atoms with E-state index in [-0.39, 0.29) is 11.4 Å². The number of hydrogen-bond acceptors (Lipinski definition) is 3. The van der Waals surface area contributed by atoms with Gasteiger partial charge in [0, 0.05) is 49.9 Å². The second-order valence-electron chi connectivity index (χ2n) is 8.16. The number of benzene rings is 1. The van der Waals surface area contributed by atoms with Gasteiger partial charge in [-0.2, -0.15) is 0 Å². The first kappa shape index (κ1) is 16.7. The van der Waals surface area contributed by atoms with Crippen LogP contribution in [0.4, 0.5) is 4.79 Å². The molecule has 0 bridgehead atoms. The zero-order valence-corrected chi connectivity index (χ0v) is 15.8. The van der Waals surface area contributed by atoms with Crippen molar-refractivity contribution in [2.24, 2.45) is 0 Å². The summed E-state index contributed by atoms with van der Waals surface area (Å²) in [6, 6.07) is 6.33. The van der Waals surface area contributed by atoms with Gasteiger partial charge in [0.1, 0.15) is 11.6 Å². The van der Waals surface area contributed by atoms with Gasteiger partial charge >= 0.3 is 6.03 Å². The second-order valence-corrected chi connectivity index (χ2v) is 8.16. The van der Waals surface area contributed by atoms with Gasteiger partial charge in [-0.1, -0.05) is 6.07 Å². The average molecular weight is 366 g/mol. The van der Waals surface area contributed by atoms with E-state index in [4.69, 9.17) is 4.74 Å². The summed E-state index contributed by atoms with van der Waals surface area (Å²) < 4.78 is 7.61. The molecule has 1 atom stereocenters. The Morgan fingerprint density at radius 3 is 3.11 bits per heavy atom. The van der Waals surface area contributed by atoms with Crippen molar-refractivity contribution in [1.82, 2.24) is 19.8 Å². The molecule has 0 saturated heterocycles. The fourth-order valence-electron chi connectivity index (χ4n) is 4.77. The van der Waals surface area contributed by atoms with Gasteiger partial charge in [0.15, 0.2) is 0 Å². The van der Waals surface area contributed by atoms with Crippen molar-refractivity contribution in [1.29, 1.82) is 0 Å². The summed E-state index contributed by atoms with van der Waals surface area (Å²) in [6.07, 6.45) is 8.43. The molecule has 3 aliphatic rings. The van der Waals surface area contributed by atoms with Crippen molar-refractivity contribution >= 4 is 6.03 Å². The Bertz CT molecular complexity index is 871. The highest BCUT2D eigenvalue weighted by Gasteiger charge is 2.50. The molecule has 1 unspecified atom stereocenters. The summed E-state index contributed by atoms with van der Waals surface area (Å²) in [7, 11) is 1.71. The standard InChI is InChI=1S/C21H26N4O2/c1-27-17-5-4-16-13-25(14-21(6-7-21)18(16)11-17)20(26)23-12-15-3-2-9-24-10-8-22-19(15)24/h4-5,8,10-11,15H,2-3,6-7,9,12-14H2,1H3,(H,23,26). The molecule has 2 amide bonds. The molecule has 0 radical (unpaired) electrons. The van der Waals surface area contributed by atoms with Gasteiger partial charge in [-0.15, -0.1) is 0 Å². The number of aromatic nitrogens is 2. The number of ether oxygens (including phenoxy) is 1. The molecule has 6 heteroatoms. The minimum absolute atomic E-state index is 0.0476. The van der Waals surface area contributed by atoms with E-state index in [9.17, 15) is 4.79 Å². The van der Waals surface area contributed by atoms with Gasteiger partial charge < -0.3 is 19.5 Å². The first-order chi connectivity index (χ1) is 13.2. The van der Waals surface area contributed by atoms with E-state index in [0.29, 0.717) is 19.0 Å². The van der Waals surface area contributed by atoms with E-state index in [2.05, 4.69) is 27.0 Å². The highest BCUT2D eigenvalue weighted by molar-refractivity contribution is 5.75. The third kappa shape index (κ3) is 2.87. The number of nitrogens with zero attached hydrogens (tertiary/aromatic N) is 3. The number of hydrogen-bond donors (Lipinski definition) is 1. The number of nitrogens with one attached hydrogen (secondary N) is 1. The third-order valence-corrected chi connectivity index (χ3v) is 6.45. The van der Waals surface area contributed by atoms with E-state index >= 15 is 0 Å². The molecule has 1 fully saturated rings. The molecule has 1 aromatic carbocycles. The van der Waals surface area contributed by atoms with Crippen molar-refractivity contribution in [2.75, 3.05) is 20.2 Å². The lowest BCUT2D eigenvalue weighted by Gasteiger charge is -2.35. The Hall–Kier alpha value is -2.50. The Morgan fingerprint density at radius 1 is 1.41 bits per heavy atom. The van der Waals surface area contributed by atoms with Crippen molar-refractivity contribution in [3.05, 3.63) is 47.5 Å². The van der Waals surface area contributed by atoms with Gasteiger partial charge in [0.05, 0.1) is 7.11 Å². The molecule has 1 aromatic heterocycles. The first-order valence-electron chi connectivity index (χ1n) is 9.90. The van der Waals surface area contributed by atoms with E-state index < -0.39 is 0 Å². The fraction of sp³-hybridized carbons (Fsp3) is 0.524. The normalized spacial score (nSPS) is 22.1. The maximum Gasteiger partial charge on any atom is 0.317 e. The van der Waals surface area contributed by atoms with Gasteiger partial charge in [0.25, 0.3) is 0 Å². The van der Waals surface area contributed by atoms with Crippen molar-refractivity contribution < 1.29 is 9.53 Å². The SMILES string of the molecule is COc1ccc2c(c1)C1(CC1)CN(C(=O)NCC1CCCn3ccnc31)C2. The quantitative estimate of drug-likeness (QED) is 0.908. The van der Waals surface area contributed by atoms with Gasteiger partial charge in [-0.3, -0.25) is 0 Å². The number of aryl methyl sites for hydroxylation is 1. The zero-order chi connectivity index (χ0) is 18.4. The van der Waals surface area contributed by atoms with Gasteiger partial charge in [0.2, 0.25) is 0 Å². The van der Waals surface area contributed by atoms with E-state index in [1.165, 1.54) is 11.1 Å². The predicted molar refractivity (Wildman–Crippen MR) is 102 cm³/mol. The van der Waals surface area contributed by atoms with Crippen LogP contribution < -0.4 is 10.1 Å². The monoisotopic (exact) mass is 366 g/mol. The Labute approximate surface area is 159 Å². The van der Waals surface area contributed by atoms with Crippen LogP contribution in [0.15, 0.2) is 30.6 Å². The van der Waals surface area contributed by atoms with Crippen LogP contribution in [0.2, 0.25) is 0 Å². The van der Waals surface area contributed by atoms with Crippen LogP contribution in [-0.2, 0) is 18.5 Å². The molecule has 2 aliphatic heterocycles. The predicted octanol–water partition coefficient (Wildman–Crippen LogP) is 3.03. The Kier molecular flexibility index (Phi) is 3.88. The van der Waals surface area contributed by atoms with Gasteiger partial charge in [-0.05, 0) is 48.9 Å². The summed E-state index contributed by atoms with van der Waals surface area (Å²) in [4.78, 5) is 19.4. The molecule has 1 spiro atoms. The summed E-state index contributed by atoms with van der Waals surface area (Å²) in [5.74, 6) is 2.33. The number of carbonyl (C=O) groups excluding carboxylic acids is 1. The maximum absolute atomic E-state index is 12.9. The minimum atomic E-state index is 0.0476. The number of fused-ring (bicyclic) bond motifs is 3. The number of imidazole rings is 1. The zero-order valence-electron chi connectivity index (χ0n) is 15.8. The van der Waals surface area contributed by atoms with Crippen molar-refractivity contribution in [3.8, 4) is 5.75 Å². The smallest absolute Gasteiger partial charge is 0.317 e. The number of rotatable bonds is 3. The van der Waals surface area contributed by atoms with E-state index in [0.717, 1.165) is 50.3 Å². The van der Waals surface area contributed by atoms with Crippen LogP contribution in [0, 0.1) is 0 Å². The largest absolute Gasteiger partial charge is 0.497 e. The van der Waals surface area contributed by atoms with Crippen LogP contribution >= 0.6 is 0 Å². The number of carbonyl (C=O) groups is 1. The molecule has 27 heavy (non-hydrogen) atoms. The Balaban J connectivity index is 1.28. The summed E-state index contributed by atoms with van der Waals surface area (Å²) in [6.45, 7) is 3.17. The number of urea groups is 1. The molecule has 1 aliphatic carbocycles. The van der Waals surface area contributed by atoms with Crippen molar-refractivity contribution in [2.45, 2.75) is 50.1 Å². The molecule has 142 valence electrons. The molecule has 6 nitrogen and oxygen atoms in total. The molecule has 1 N–H and O–H groups in total. The second kappa shape index (κ2) is 6.29. The highest BCUT2D eigenvalue weighted by atomic mass is 16.5. The van der Waals surface area contributed by atoms with Crippen LogP contribution in [0.3, 0.4) is 0 Å². The third-order valence-electron chi connectivity index (χ3n) is 6.45. The molecule has 1 saturated carbocycles. The summed E-state index contributed by atoms with van der Waals surface area (Å²) >= 11 is 0. The van der Waals surface area contributed by atoms with Crippen LogP contribution in [0.5, 0.6) is 5.75 Å². The van der Waals surface area contributed by atoms with Crippen LogP contribution in [0.1, 0.15) is 48.6 Å². The lowest BCUT2D eigenvalue weighted by molar-refractivity contribution is 0.182. The van der Waals surface area contributed by atoms with Gasteiger partial charge in [-0.25, -0.2) is 9.78 Å². The lowest BCUT2D eigenvalue weighted by Crippen LogP contribution is -2.47. The van der Waals surface area contributed by atoms with Crippen LogP contribution in [0.25, 0.3) is 0 Å². The average Bonchev–Trinajstić information content (AvgIpc) is 3.29. The number of amides is 2. The highest BCUT2D eigenvalue weighted by Crippen LogP contribution is 2.53. The lowest BCUT2D eigenvalue weighted by atomic mass is 9.87. The fourth-order valence-corrected chi connectivity index (χ4v) is 4.77. The van der Waals surface area contributed by atoms with Crippen molar-refractivity contribution in [3.63, 3.8) is 0 Å². The molecular formula is C21H26N4O2. The van der Waals surface area contributed by atoms with Crippen LogP contribution in [-0.4, -0.2) is 40.7 Å². The topological polar surface area (TPSA) is 59.4 Å². The summed E-state index contributed by atoms with van der Waals surface area (Å²) in [5, 5.41) is 3.18. The summed E-state index contributed by atoms with van der Waals surface area (Å²) in [5.41, 5.74) is 2.77. The molecule has 2 aromatic rings. The first-order valence-corrected chi connectivity index (χ1v) is 9.90. The van der Waals surface area contributed by atoms with E-state index in [1.54, 1.807) is 7.11 Å². The maximum atomic E-state index is 12.9. The van der Waals surface area contributed by atoms with E-state index in [1.807, 2.05) is 23.4 Å². The molecule has 3 heterocycles. The molecular weight excluding hydrogens is 340 g/mol. The number of methoxy groups -OCH3 is 1. The molecule has 5 rings (SSSR count). The minimum Gasteiger partial charge on any atom is -0.497 e. The Morgan fingerprint density at radius 2 is 2.30 bits per heavy atom.